The van der Waals surface area contributed by atoms with Crippen molar-refractivity contribution in [3.05, 3.63) is 53.9 Å². The van der Waals surface area contributed by atoms with E-state index in [2.05, 4.69) is 20.9 Å². The molecule has 0 atom stereocenters. The first kappa shape index (κ1) is 20.1. The van der Waals surface area contributed by atoms with Crippen molar-refractivity contribution in [3.8, 4) is 0 Å². The summed E-state index contributed by atoms with van der Waals surface area (Å²) in [5, 5.41) is 8.07. The van der Waals surface area contributed by atoms with Gasteiger partial charge < -0.3 is 20.7 Å². The normalized spacial score (nSPS) is 10.1. The van der Waals surface area contributed by atoms with E-state index in [1.165, 1.54) is 13.0 Å². The second-order valence-corrected chi connectivity index (χ2v) is 5.72. The van der Waals surface area contributed by atoms with Gasteiger partial charge in [0.25, 0.3) is 11.8 Å². The lowest BCUT2D eigenvalue weighted by atomic mass is 10.2. The minimum atomic E-state index is -0.434. The molecule has 8 heteroatoms. The van der Waals surface area contributed by atoms with Gasteiger partial charge in [0.05, 0.1) is 0 Å². The van der Waals surface area contributed by atoms with Crippen molar-refractivity contribution in [2.75, 3.05) is 30.9 Å². The van der Waals surface area contributed by atoms with E-state index in [0.717, 1.165) is 0 Å². The summed E-state index contributed by atoms with van der Waals surface area (Å²) in [6.45, 7) is 2.43. The zero-order chi connectivity index (χ0) is 19.6. The Morgan fingerprint density at radius 2 is 1.52 bits per heavy atom. The molecule has 2 aromatic rings. The summed E-state index contributed by atoms with van der Waals surface area (Å²) in [6, 6.07) is 11.4. The molecular weight excluding hydrogens is 348 g/mol. The Bertz CT molecular complexity index is 806. The summed E-state index contributed by atoms with van der Waals surface area (Å²) in [6.07, 6.45) is 0.691. The molecule has 142 valence electrons. The molecule has 0 unspecified atom stereocenters. The van der Waals surface area contributed by atoms with E-state index in [1.807, 2.05) is 0 Å². The SMILES string of the molecule is COCCCNC(=O)c1cccc(C(=O)Nc2ccc(NC(C)=O)cc2)n1. The highest BCUT2D eigenvalue weighted by Gasteiger charge is 2.12. The molecule has 0 saturated carbocycles. The van der Waals surface area contributed by atoms with Crippen LogP contribution in [0.3, 0.4) is 0 Å². The lowest BCUT2D eigenvalue weighted by Gasteiger charge is -2.08. The third kappa shape index (κ3) is 6.52. The highest BCUT2D eigenvalue weighted by molar-refractivity contribution is 6.04. The molecule has 3 amide bonds. The number of benzene rings is 1. The second-order valence-electron chi connectivity index (χ2n) is 5.72. The average Bonchev–Trinajstić information content (AvgIpc) is 2.66. The van der Waals surface area contributed by atoms with Gasteiger partial charge in [-0.2, -0.15) is 0 Å². The minimum Gasteiger partial charge on any atom is -0.385 e. The van der Waals surface area contributed by atoms with Gasteiger partial charge in [-0.25, -0.2) is 4.98 Å². The third-order valence-electron chi connectivity index (χ3n) is 3.49. The molecule has 0 saturated heterocycles. The van der Waals surface area contributed by atoms with Gasteiger partial charge in [-0.3, -0.25) is 14.4 Å². The quantitative estimate of drug-likeness (QED) is 0.616. The fraction of sp³-hybridized carbons (Fsp3) is 0.263. The number of carbonyl (C=O) groups is 3. The summed E-state index contributed by atoms with van der Waals surface area (Å²) in [4.78, 5) is 39.6. The highest BCUT2D eigenvalue weighted by Crippen LogP contribution is 2.14. The summed E-state index contributed by atoms with van der Waals surface area (Å²) < 4.78 is 4.92. The number of anilines is 2. The first-order valence-corrected chi connectivity index (χ1v) is 8.43. The number of carbonyl (C=O) groups excluding carboxylic acids is 3. The number of hydrogen-bond acceptors (Lipinski definition) is 5. The van der Waals surface area contributed by atoms with Crippen LogP contribution >= 0.6 is 0 Å². The largest absolute Gasteiger partial charge is 0.385 e. The van der Waals surface area contributed by atoms with Gasteiger partial charge in [-0.1, -0.05) is 6.07 Å². The first-order valence-electron chi connectivity index (χ1n) is 8.43. The van der Waals surface area contributed by atoms with Crippen LogP contribution in [-0.2, 0) is 9.53 Å². The fourth-order valence-electron chi connectivity index (χ4n) is 2.23. The molecule has 1 heterocycles. The predicted molar refractivity (Wildman–Crippen MR) is 102 cm³/mol. The molecule has 0 fully saturated rings. The van der Waals surface area contributed by atoms with Crippen LogP contribution in [0.15, 0.2) is 42.5 Å². The van der Waals surface area contributed by atoms with Crippen molar-refractivity contribution in [2.45, 2.75) is 13.3 Å². The van der Waals surface area contributed by atoms with Gasteiger partial charge in [0.2, 0.25) is 5.91 Å². The Morgan fingerprint density at radius 1 is 0.926 bits per heavy atom. The molecule has 27 heavy (non-hydrogen) atoms. The predicted octanol–water partition coefficient (Wildman–Crippen LogP) is 2.06. The van der Waals surface area contributed by atoms with Crippen LogP contribution < -0.4 is 16.0 Å². The Balaban J connectivity index is 1.98. The first-order chi connectivity index (χ1) is 13.0. The molecule has 3 N–H and O–H groups in total. The van der Waals surface area contributed by atoms with Crippen molar-refractivity contribution in [1.82, 2.24) is 10.3 Å². The third-order valence-corrected chi connectivity index (χ3v) is 3.49. The van der Waals surface area contributed by atoms with Crippen LogP contribution in [0.4, 0.5) is 11.4 Å². The van der Waals surface area contributed by atoms with Gasteiger partial charge in [0, 0.05) is 38.6 Å². The van der Waals surface area contributed by atoms with Crippen LogP contribution in [-0.4, -0.2) is 43.0 Å². The van der Waals surface area contributed by atoms with Crippen LogP contribution in [0.1, 0.15) is 34.3 Å². The molecule has 2 rings (SSSR count). The molecule has 0 aliphatic rings. The molecule has 0 aliphatic heterocycles. The summed E-state index contributed by atoms with van der Waals surface area (Å²) in [7, 11) is 1.60. The van der Waals surface area contributed by atoms with Gasteiger partial charge in [0.1, 0.15) is 11.4 Å². The van der Waals surface area contributed by atoms with E-state index >= 15 is 0 Å². The minimum absolute atomic E-state index is 0.130. The second kappa shape index (κ2) is 10.0. The number of rotatable bonds is 8. The topological polar surface area (TPSA) is 109 Å². The number of amides is 3. The van der Waals surface area contributed by atoms with Gasteiger partial charge >= 0.3 is 0 Å². The fourth-order valence-corrected chi connectivity index (χ4v) is 2.23. The number of hydrogen-bond donors (Lipinski definition) is 3. The lowest BCUT2D eigenvalue weighted by molar-refractivity contribution is -0.114. The maximum atomic E-state index is 12.4. The summed E-state index contributed by atoms with van der Waals surface area (Å²) >= 11 is 0. The number of pyridine rings is 1. The molecular formula is C19H22N4O4. The maximum absolute atomic E-state index is 12.4. The maximum Gasteiger partial charge on any atom is 0.274 e. The standard InChI is InChI=1S/C19H22N4O4/c1-13(24)21-14-7-9-15(10-8-14)22-19(26)17-6-3-5-16(23-17)18(25)20-11-4-12-27-2/h3,5-10H,4,11-12H2,1-2H3,(H,20,25)(H,21,24)(H,22,26). The number of nitrogens with one attached hydrogen (secondary N) is 3. The number of nitrogens with zero attached hydrogens (tertiary/aromatic N) is 1. The Kier molecular flexibility index (Phi) is 7.45. The van der Waals surface area contributed by atoms with Crippen molar-refractivity contribution in [2.24, 2.45) is 0 Å². The average molecular weight is 370 g/mol. The highest BCUT2D eigenvalue weighted by atomic mass is 16.5. The molecule has 1 aromatic carbocycles. The smallest absolute Gasteiger partial charge is 0.274 e. The zero-order valence-electron chi connectivity index (χ0n) is 15.2. The van der Waals surface area contributed by atoms with Crippen LogP contribution in [0, 0.1) is 0 Å². The molecule has 0 bridgehead atoms. The molecule has 0 aliphatic carbocycles. The van der Waals surface area contributed by atoms with Crippen LogP contribution in [0.2, 0.25) is 0 Å². The molecule has 0 spiro atoms. The van der Waals surface area contributed by atoms with Crippen molar-refractivity contribution in [1.29, 1.82) is 0 Å². The summed E-state index contributed by atoms with van der Waals surface area (Å²) in [5.74, 6) is -0.954. The Labute approximate surface area is 157 Å². The molecule has 8 nitrogen and oxygen atoms in total. The van der Waals surface area contributed by atoms with Crippen LogP contribution in [0.25, 0.3) is 0 Å². The van der Waals surface area contributed by atoms with E-state index in [4.69, 9.17) is 4.74 Å². The Morgan fingerprint density at radius 3 is 2.11 bits per heavy atom. The van der Waals surface area contributed by atoms with Crippen molar-refractivity contribution in [3.63, 3.8) is 0 Å². The van der Waals surface area contributed by atoms with E-state index in [-0.39, 0.29) is 23.2 Å². The van der Waals surface area contributed by atoms with Crippen molar-refractivity contribution < 1.29 is 19.1 Å². The van der Waals surface area contributed by atoms with Crippen LogP contribution in [0.5, 0.6) is 0 Å². The van der Waals surface area contributed by atoms with E-state index < -0.39 is 5.91 Å². The van der Waals surface area contributed by atoms with E-state index in [1.54, 1.807) is 43.5 Å². The molecule has 0 radical (unpaired) electrons. The van der Waals surface area contributed by atoms with E-state index in [9.17, 15) is 14.4 Å². The Hall–Kier alpha value is -3.26. The number of aromatic nitrogens is 1. The van der Waals surface area contributed by atoms with Crippen molar-refractivity contribution >= 4 is 29.1 Å². The van der Waals surface area contributed by atoms with E-state index in [0.29, 0.717) is 30.9 Å². The van der Waals surface area contributed by atoms with Gasteiger partial charge in [0.15, 0.2) is 0 Å². The lowest BCUT2D eigenvalue weighted by Crippen LogP contribution is -2.27. The van der Waals surface area contributed by atoms with Gasteiger partial charge in [-0.15, -0.1) is 0 Å². The van der Waals surface area contributed by atoms with Gasteiger partial charge in [-0.05, 0) is 42.8 Å². The summed E-state index contributed by atoms with van der Waals surface area (Å²) in [5.41, 5.74) is 1.47. The number of ether oxygens (including phenoxy) is 1. The number of methoxy groups -OCH3 is 1. The monoisotopic (exact) mass is 370 g/mol. The molecule has 1 aromatic heterocycles. The zero-order valence-corrected chi connectivity index (χ0v) is 15.2.